The fraction of sp³-hybridized carbons (Fsp3) is 0.474. The van der Waals surface area contributed by atoms with Crippen molar-refractivity contribution >= 4 is 27.7 Å². The summed E-state index contributed by atoms with van der Waals surface area (Å²) < 4.78 is 5.95. The molecule has 0 radical (unpaired) electrons. The van der Waals surface area contributed by atoms with Gasteiger partial charge in [-0.2, -0.15) is 4.98 Å². The maximum absolute atomic E-state index is 12.7. The number of carbonyl (C=O) groups excluding carboxylic acids is 2. The second-order valence-corrected chi connectivity index (χ2v) is 8.24. The van der Waals surface area contributed by atoms with E-state index in [0.717, 1.165) is 4.47 Å². The average Bonchev–Trinajstić information content (AvgIpc) is 3.09. The Kier molecular flexibility index (Phi) is 5.64. The van der Waals surface area contributed by atoms with Crippen molar-refractivity contribution in [2.75, 3.05) is 13.1 Å². The van der Waals surface area contributed by atoms with E-state index in [0.29, 0.717) is 43.2 Å². The molecular formula is C19H23BrN4O3. The molecule has 0 bridgehead atoms. The molecule has 0 saturated carbocycles. The molecule has 3 rings (SSSR count). The lowest BCUT2D eigenvalue weighted by Gasteiger charge is -2.33. The van der Waals surface area contributed by atoms with E-state index in [1.165, 1.54) is 0 Å². The molecule has 2 heterocycles. The number of rotatable bonds is 4. The fourth-order valence-electron chi connectivity index (χ4n) is 3.14. The molecule has 0 atom stereocenters. The number of likely N-dealkylation sites (tertiary alicyclic amines) is 1. The molecule has 1 aromatic heterocycles. The number of aromatic nitrogens is 2. The summed E-state index contributed by atoms with van der Waals surface area (Å²) in [5.41, 5.74) is -0.0473. The van der Waals surface area contributed by atoms with Gasteiger partial charge in [0.25, 0.3) is 5.91 Å². The van der Waals surface area contributed by atoms with Gasteiger partial charge in [-0.1, -0.05) is 21.1 Å². The van der Waals surface area contributed by atoms with Gasteiger partial charge in [0.05, 0.1) is 5.54 Å². The predicted octanol–water partition coefficient (Wildman–Crippen LogP) is 3.04. The lowest BCUT2D eigenvalue weighted by molar-refractivity contribution is -0.128. The zero-order valence-electron chi connectivity index (χ0n) is 15.7. The Bertz CT molecular complexity index is 824. The van der Waals surface area contributed by atoms with Crippen LogP contribution in [0.15, 0.2) is 33.3 Å². The number of benzene rings is 1. The molecule has 1 saturated heterocycles. The number of nitrogens with zero attached hydrogens (tertiary/aromatic N) is 3. The van der Waals surface area contributed by atoms with E-state index >= 15 is 0 Å². The smallest absolute Gasteiger partial charge is 0.253 e. The Morgan fingerprint density at radius 3 is 2.41 bits per heavy atom. The van der Waals surface area contributed by atoms with E-state index in [9.17, 15) is 9.59 Å². The number of nitrogens with one attached hydrogen (secondary N) is 1. The Hall–Kier alpha value is -2.22. The van der Waals surface area contributed by atoms with Gasteiger partial charge in [0.2, 0.25) is 11.8 Å². The average molecular weight is 435 g/mol. The molecule has 1 N–H and O–H groups in total. The highest BCUT2D eigenvalue weighted by Crippen LogP contribution is 2.23. The molecule has 27 heavy (non-hydrogen) atoms. The highest BCUT2D eigenvalue weighted by atomic mass is 79.9. The van der Waals surface area contributed by atoms with Crippen LogP contribution >= 0.6 is 15.9 Å². The van der Waals surface area contributed by atoms with E-state index in [2.05, 4.69) is 31.4 Å². The molecule has 0 aliphatic carbocycles. The zero-order chi connectivity index (χ0) is 19.6. The lowest BCUT2D eigenvalue weighted by atomic mass is 9.93. The lowest BCUT2D eigenvalue weighted by Crippen LogP contribution is -2.48. The van der Waals surface area contributed by atoms with Gasteiger partial charge in [-0.15, -0.1) is 0 Å². The summed E-state index contributed by atoms with van der Waals surface area (Å²) in [4.78, 5) is 31.3. The van der Waals surface area contributed by atoms with Gasteiger partial charge in [0, 0.05) is 36.0 Å². The molecule has 0 unspecified atom stereocenters. The van der Waals surface area contributed by atoms with Crippen LogP contribution in [0.2, 0.25) is 0 Å². The van der Waals surface area contributed by atoms with Crippen molar-refractivity contribution in [1.82, 2.24) is 20.4 Å². The summed E-state index contributed by atoms with van der Waals surface area (Å²) in [6.45, 7) is 6.54. The summed E-state index contributed by atoms with van der Waals surface area (Å²) in [6.07, 6.45) is 1.27. The normalized spacial score (nSPS) is 15.6. The minimum atomic E-state index is -0.709. The number of aryl methyl sites for hydroxylation is 1. The van der Waals surface area contributed by atoms with Gasteiger partial charge in [0.1, 0.15) is 0 Å². The summed E-state index contributed by atoms with van der Waals surface area (Å²) in [7, 11) is 0. The molecule has 0 spiro atoms. The monoisotopic (exact) mass is 434 g/mol. The third-order valence-corrected chi connectivity index (χ3v) is 5.30. The maximum atomic E-state index is 12.7. The third kappa shape index (κ3) is 4.55. The van der Waals surface area contributed by atoms with Crippen LogP contribution in [0, 0.1) is 12.8 Å². The van der Waals surface area contributed by atoms with Crippen LogP contribution in [0.3, 0.4) is 0 Å². The van der Waals surface area contributed by atoms with E-state index in [4.69, 9.17) is 4.52 Å². The van der Waals surface area contributed by atoms with Crippen LogP contribution in [0.25, 0.3) is 0 Å². The first-order valence-electron chi connectivity index (χ1n) is 8.94. The Morgan fingerprint density at radius 2 is 1.85 bits per heavy atom. The molecule has 2 amide bonds. The zero-order valence-corrected chi connectivity index (χ0v) is 17.2. The standard InChI is InChI=1S/C19H23BrN4O3/c1-12-21-18(23-27-12)19(2,3)22-16(25)13-8-10-24(11-9-13)17(26)14-4-6-15(20)7-5-14/h4-7,13H,8-11H2,1-3H3,(H,22,25). The van der Waals surface area contributed by atoms with Crippen molar-refractivity contribution in [3.63, 3.8) is 0 Å². The highest BCUT2D eigenvalue weighted by Gasteiger charge is 2.33. The Morgan fingerprint density at radius 1 is 1.22 bits per heavy atom. The molecular weight excluding hydrogens is 412 g/mol. The number of hydrogen-bond acceptors (Lipinski definition) is 5. The van der Waals surface area contributed by atoms with Gasteiger partial charge in [-0.3, -0.25) is 9.59 Å². The molecule has 2 aromatic rings. The molecule has 1 aliphatic rings. The molecule has 144 valence electrons. The van der Waals surface area contributed by atoms with Crippen molar-refractivity contribution in [3.8, 4) is 0 Å². The van der Waals surface area contributed by atoms with Crippen molar-refractivity contribution in [3.05, 3.63) is 46.0 Å². The van der Waals surface area contributed by atoms with E-state index in [1.807, 2.05) is 26.0 Å². The van der Waals surface area contributed by atoms with Crippen LogP contribution in [0.5, 0.6) is 0 Å². The Balaban J connectivity index is 1.56. The van der Waals surface area contributed by atoms with Gasteiger partial charge < -0.3 is 14.7 Å². The van der Waals surface area contributed by atoms with Crippen LogP contribution in [-0.4, -0.2) is 39.9 Å². The largest absolute Gasteiger partial charge is 0.344 e. The predicted molar refractivity (Wildman–Crippen MR) is 103 cm³/mol. The number of amides is 2. The van der Waals surface area contributed by atoms with Crippen LogP contribution in [-0.2, 0) is 10.3 Å². The second-order valence-electron chi connectivity index (χ2n) is 7.32. The van der Waals surface area contributed by atoms with Crippen molar-refractivity contribution in [1.29, 1.82) is 0 Å². The topological polar surface area (TPSA) is 88.3 Å². The molecule has 7 nitrogen and oxygen atoms in total. The molecule has 1 aromatic carbocycles. The van der Waals surface area contributed by atoms with Crippen LogP contribution < -0.4 is 5.32 Å². The summed E-state index contributed by atoms with van der Waals surface area (Å²) in [6, 6.07) is 7.32. The van der Waals surface area contributed by atoms with Crippen molar-refractivity contribution in [2.45, 2.75) is 39.2 Å². The number of hydrogen-bond donors (Lipinski definition) is 1. The molecule has 1 aliphatic heterocycles. The van der Waals surface area contributed by atoms with Crippen LogP contribution in [0.1, 0.15) is 48.8 Å². The maximum Gasteiger partial charge on any atom is 0.253 e. The van der Waals surface area contributed by atoms with Gasteiger partial charge in [-0.05, 0) is 51.0 Å². The first-order chi connectivity index (χ1) is 12.8. The second kappa shape index (κ2) is 7.80. The third-order valence-electron chi connectivity index (χ3n) is 4.77. The van der Waals surface area contributed by atoms with Crippen molar-refractivity contribution < 1.29 is 14.1 Å². The van der Waals surface area contributed by atoms with E-state index in [-0.39, 0.29) is 17.7 Å². The first kappa shape index (κ1) is 19.5. The summed E-state index contributed by atoms with van der Waals surface area (Å²) in [5, 5.41) is 6.91. The summed E-state index contributed by atoms with van der Waals surface area (Å²) >= 11 is 3.37. The Labute approximate surface area is 166 Å². The van der Waals surface area contributed by atoms with Gasteiger partial charge >= 0.3 is 0 Å². The summed E-state index contributed by atoms with van der Waals surface area (Å²) in [5.74, 6) is 0.747. The van der Waals surface area contributed by atoms with Gasteiger partial charge in [-0.25, -0.2) is 0 Å². The number of carbonyl (C=O) groups is 2. The van der Waals surface area contributed by atoms with Crippen LogP contribution in [0.4, 0.5) is 0 Å². The van der Waals surface area contributed by atoms with Crippen molar-refractivity contribution in [2.24, 2.45) is 5.92 Å². The first-order valence-corrected chi connectivity index (χ1v) is 9.73. The van der Waals surface area contributed by atoms with Gasteiger partial charge in [0.15, 0.2) is 5.82 Å². The number of piperidine rings is 1. The van der Waals surface area contributed by atoms with E-state index in [1.54, 1.807) is 24.0 Å². The minimum Gasteiger partial charge on any atom is -0.344 e. The molecule has 1 fully saturated rings. The highest BCUT2D eigenvalue weighted by molar-refractivity contribution is 9.10. The minimum absolute atomic E-state index is 0.00367. The molecule has 8 heteroatoms. The van der Waals surface area contributed by atoms with E-state index < -0.39 is 5.54 Å². The quantitative estimate of drug-likeness (QED) is 0.798. The number of halogens is 1. The fourth-order valence-corrected chi connectivity index (χ4v) is 3.40. The SMILES string of the molecule is Cc1nc(C(C)(C)NC(=O)C2CCN(C(=O)c3ccc(Br)cc3)CC2)no1.